The first-order valence-corrected chi connectivity index (χ1v) is 46.5. The van der Waals surface area contributed by atoms with Gasteiger partial charge in [0.05, 0.1) is 26.4 Å². The van der Waals surface area contributed by atoms with E-state index in [2.05, 4.69) is 41.5 Å². The summed E-state index contributed by atoms with van der Waals surface area (Å²) in [5.41, 5.74) is 0. The van der Waals surface area contributed by atoms with Crippen LogP contribution in [0.1, 0.15) is 446 Å². The van der Waals surface area contributed by atoms with E-state index in [1.807, 2.05) is 0 Å². The first-order chi connectivity index (χ1) is 49.9. The summed E-state index contributed by atoms with van der Waals surface area (Å²) in [5, 5.41) is 10.7. The molecule has 0 heterocycles. The Bertz CT molecular complexity index is 1980. The van der Waals surface area contributed by atoms with Gasteiger partial charge in [-0.05, 0) is 37.5 Å². The quantitative estimate of drug-likeness (QED) is 0.0222. The first kappa shape index (κ1) is 101. The van der Waals surface area contributed by atoms with Gasteiger partial charge >= 0.3 is 39.5 Å². The fraction of sp³-hybridized carbons (Fsp3) is 0.952. The zero-order valence-corrected chi connectivity index (χ0v) is 69.4. The number of rotatable bonds is 83. The van der Waals surface area contributed by atoms with Crippen LogP contribution < -0.4 is 0 Å². The van der Waals surface area contributed by atoms with Crippen LogP contribution in [0.15, 0.2) is 0 Å². The van der Waals surface area contributed by atoms with Crippen LogP contribution in [0.5, 0.6) is 0 Å². The van der Waals surface area contributed by atoms with Crippen molar-refractivity contribution < 1.29 is 80.2 Å². The Morgan fingerprint density at radius 1 is 0.282 bits per heavy atom. The van der Waals surface area contributed by atoms with Gasteiger partial charge in [-0.25, -0.2) is 9.13 Å². The van der Waals surface area contributed by atoms with Gasteiger partial charge in [0.1, 0.15) is 19.3 Å². The minimum absolute atomic E-state index is 0.106. The standard InChI is InChI=1S/C84H164O17P2/c1-7-10-12-14-16-18-20-22-24-26-28-29-31-33-35-40-44-48-56-62-68-83(88)100-79(72-94-81(86)66-60-54-47-43-39-34-32-30-27-25-23-21-19-17-15-13-11-8-2)74-98-102(90,91)96-70-78(85)71-97-103(92,93)99-75-80(73-95-82(87)67-61-55-51-50-53-59-65-77(6)9-3)101-84(89)69-63-57-49-45-41-37-36-38-42-46-52-58-64-76(4)5/h76-80,85H,7-75H2,1-6H3,(H,90,91)(H,92,93)/t77?,78-,79-,80-/m1/s1. The van der Waals surface area contributed by atoms with Gasteiger partial charge in [0.2, 0.25) is 0 Å². The van der Waals surface area contributed by atoms with Crippen molar-refractivity contribution in [3.8, 4) is 0 Å². The van der Waals surface area contributed by atoms with Crippen LogP contribution >= 0.6 is 15.6 Å². The number of phosphoric ester groups is 2. The Morgan fingerprint density at radius 3 is 0.738 bits per heavy atom. The second-order valence-electron chi connectivity index (χ2n) is 30.9. The van der Waals surface area contributed by atoms with Gasteiger partial charge in [-0.15, -0.1) is 0 Å². The molecule has 0 saturated carbocycles. The molecule has 103 heavy (non-hydrogen) atoms. The molecule has 0 saturated heterocycles. The molecule has 0 bridgehead atoms. The number of ether oxygens (including phenoxy) is 4. The average Bonchev–Trinajstić information content (AvgIpc) is 0.940. The van der Waals surface area contributed by atoms with Crippen molar-refractivity contribution in [1.82, 2.24) is 0 Å². The lowest BCUT2D eigenvalue weighted by molar-refractivity contribution is -0.161. The van der Waals surface area contributed by atoms with E-state index in [0.29, 0.717) is 25.7 Å². The van der Waals surface area contributed by atoms with Gasteiger partial charge < -0.3 is 33.8 Å². The van der Waals surface area contributed by atoms with Crippen molar-refractivity contribution in [3.63, 3.8) is 0 Å². The highest BCUT2D eigenvalue weighted by Gasteiger charge is 2.30. The predicted molar refractivity (Wildman–Crippen MR) is 423 cm³/mol. The van der Waals surface area contributed by atoms with Gasteiger partial charge in [-0.1, -0.05) is 395 Å². The highest BCUT2D eigenvalue weighted by atomic mass is 31.2. The Balaban J connectivity index is 5.23. The Morgan fingerprint density at radius 2 is 0.495 bits per heavy atom. The van der Waals surface area contributed by atoms with Gasteiger partial charge in [0.15, 0.2) is 12.2 Å². The smallest absolute Gasteiger partial charge is 0.462 e. The van der Waals surface area contributed by atoms with Crippen LogP contribution in [0.25, 0.3) is 0 Å². The molecule has 3 N–H and O–H groups in total. The minimum atomic E-state index is -4.96. The number of hydrogen-bond acceptors (Lipinski definition) is 15. The van der Waals surface area contributed by atoms with Crippen molar-refractivity contribution in [2.75, 3.05) is 39.6 Å². The van der Waals surface area contributed by atoms with Crippen molar-refractivity contribution >= 4 is 39.5 Å². The summed E-state index contributed by atoms with van der Waals surface area (Å²) in [4.78, 5) is 73.1. The van der Waals surface area contributed by atoms with Gasteiger partial charge in [-0.3, -0.25) is 37.3 Å². The summed E-state index contributed by atoms with van der Waals surface area (Å²) in [6.07, 6.45) is 66.7. The lowest BCUT2D eigenvalue weighted by Gasteiger charge is -2.21. The SMILES string of the molecule is CCCCCCCCCCCCCCCCCCCCCCC(=O)O[C@H](COC(=O)CCCCCCCCCCCCCCCCCCCC)COP(=O)(O)OC[C@@H](O)COP(=O)(O)OC[C@@H](COC(=O)CCCCCCCCC(C)CC)OC(=O)CCCCCCCCCCCCCCC(C)C. The molecule has 0 aliphatic heterocycles. The molecule has 0 rings (SSSR count). The van der Waals surface area contributed by atoms with E-state index in [-0.39, 0.29) is 25.7 Å². The maximum Gasteiger partial charge on any atom is 0.472 e. The Kier molecular flexibility index (Phi) is 74.1. The summed E-state index contributed by atoms with van der Waals surface area (Å²) >= 11 is 0. The zero-order valence-electron chi connectivity index (χ0n) is 67.6. The lowest BCUT2D eigenvalue weighted by atomic mass is 10.00. The molecule has 0 aromatic heterocycles. The third-order valence-electron chi connectivity index (χ3n) is 20.1. The normalized spacial score (nSPS) is 14.1. The summed E-state index contributed by atoms with van der Waals surface area (Å²) in [7, 11) is -9.92. The fourth-order valence-electron chi connectivity index (χ4n) is 13.0. The highest BCUT2D eigenvalue weighted by Crippen LogP contribution is 2.45. The molecule has 0 aromatic rings. The first-order valence-electron chi connectivity index (χ1n) is 43.5. The molecule has 17 nitrogen and oxygen atoms in total. The van der Waals surface area contributed by atoms with Gasteiger partial charge in [0, 0.05) is 25.7 Å². The summed E-state index contributed by atoms with van der Waals surface area (Å²) in [5.74, 6) is -0.599. The molecule has 3 unspecified atom stereocenters. The van der Waals surface area contributed by atoms with E-state index in [4.69, 9.17) is 37.0 Å². The van der Waals surface area contributed by atoms with Crippen LogP contribution in [0, 0.1) is 11.8 Å². The van der Waals surface area contributed by atoms with Crippen LogP contribution in [0.2, 0.25) is 0 Å². The van der Waals surface area contributed by atoms with Crippen molar-refractivity contribution in [1.29, 1.82) is 0 Å². The maximum absolute atomic E-state index is 13.1. The number of hydrogen-bond donors (Lipinski definition) is 3. The number of carbonyl (C=O) groups is 4. The third-order valence-corrected chi connectivity index (χ3v) is 22.0. The summed E-state index contributed by atoms with van der Waals surface area (Å²) < 4.78 is 68.8. The number of esters is 4. The highest BCUT2D eigenvalue weighted by molar-refractivity contribution is 7.47. The molecule has 0 fully saturated rings. The van der Waals surface area contributed by atoms with Crippen molar-refractivity contribution in [2.45, 2.75) is 464 Å². The van der Waals surface area contributed by atoms with E-state index in [1.165, 1.54) is 257 Å². The van der Waals surface area contributed by atoms with Gasteiger partial charge in [0.25, 0.3) is 0 Å². The second-order valence-corrected chi connectivity index (χ2v) is 33.8. The Hall–Kier alpha value is -1.94. The third kappa shape index (κ3) is 76.6. The fourth-order valence-corrected chi connectivity index (χ4v) is 14.6. The molecule has 0 radical (unpaired) electrons. The monoisotopic (exact) mass is 1510 g/mol. The molecular formula is C84H164O17P2. The number of aliphatic hydroxyl groups excluding tert-OH is 1. The predicted octanol–water partition coefficient (Wildman–Crippen LogP) is 25.5. The van der Waals surface area contributed by atoms with E-state index in [9.17, 15) is 43.2 Å². The average molecular weight is 1510 g/mol. The molecule has 19 heteroatoms. The number of phosphoric acid groups is 2. The number of aliphatic hydroxyl groups is 1. The molecule has 0 aliphatic carbocycles. The molecule has 0 aliphatic rings. The van der Waals surface area contributed by atoms with Crippen LogP contribution in [0.3, 0.4) is 0 Å². The summed E-state index contributed by atoms with van der Waals surface area (Å²) in [6.45, 7) is 9.62. The molecule has 0 amide bonds. The maximum atomic E-state index is 13.1. The number of carbonyl (C=O) groups excluding carboxylic acids is 4. The van der Waals surface area contributed by atoms with Crippen LogP contribution in [0.4, 0.5) is 0 Å². The van der Waals surface area contributed by atoms with Crippen LogP contribution in [-0.2, 0) is 65.4 Å². The topological polar surface area (TPSA) is 237 Å². The molecule has 612 valence electrons. The van der Waals surface area contributed by atoms with Crippen LogP contribution in [-0.4, -0.2) is 96.7 Å². The molecule has 0 aromatic carbocycles. The van der Waals surface area contributed by atoms with E-state index >= 15 is 0 Å². The number of unbranched alkanes of at least 4 members (excludes halogenated alkanes) is 52. The zero-order chi connectivity index (χ0) is 75.6. The molecule has 6 atom stereocenters. The largest absolute Gasteiger partial charge is 0.472 e. The minimum Gasteiger partial charge on any atom is -0.462 e. The lowest BCUT2D eigenvalue weighted by Crippen LogP contribution is -2.30. The summed E-state index contributed by atoms with van der Waals surface area (Å²) in [6, 6.07) is 0. The second kappa shape index (κ2) is 75.5. The molecule has 0 spiro atoms. The van der Waals surface area contributed by atoms with Crippen molar-refractivity contribution in [3.05, 3.63) is 0 Å². The van der Waals surface area contributed by atoms with Crippen molar-refractivity contribution in [2.24, 2.45) is 11.8 Å². The van der Waals surface area contributed by atoms with E-state index in [1.54, 1.807) is 0 Å². The van der Waals surface area contributed by atoms with E-state index < -0.39 is 97.5 Å². The van der Waals surface area contributed by atoms with Gasteiger partial charge in [-0.2, -0.15) is 0 Å². The molecular weight excluding hydrogens is 1340 g/mol. The van der Waals surface area contributed by atoms with E-state index in [0.717, 1.165) is 108 Å². The Labute approximate surface area is 632 Å².